The molecule has 70 heavy (non-hydrogen) atoms. The second-order valence-corrected chi connectivity index (χ2v) is 18.3. The minimum Gasteiger partial charge on any atom is -0.309 e. The van der Waals surface area contributed by atoms with Crippen LogP contribution in [0.1, 0.15) is 25.0 Å². The van der Waals surface area contributed by atoms with Gasteiger partial charge in [0.05, 0.1) is 11.0 Å². The van der Waals surface area contributed by atoms with Crippen LogP contribution in [0.4, 0.5) is 0 Å². The summed E-state index contributed by atoms with van der Waals surface area (Å²) in [5.41, 5.74) is 15.2. The van der Waals surface area contributed by atoms with Gasteiger partial charge in [-0.3, -0.25) is 0 Å². The van der Waals surface area contributed by atoms with Crippen molar-refractivity contribution in [3.05, 3.63) is 236 Å². The van der Waals surface area contributed by atoms with Crippen LogP contribution < -0.4 is 0 Å². The lowest BCUT2D eigenvalue weighted by Gasteiger charge is -2.21. The average molecular weight is 898 g/mol. The maximum Gasteiger partial charge on any atom is 0.164 e. The molecule has 1 aliphatic rings. The van der Waals surface area contributed by atoms with Crippen molar-refractivity contribution >= 4 is 21.8 Å². The molecule has 9 aromatic carbocycles. The van der Waals surface area contributed by atoms with Gasteiger partial charge in [0.1, 0.15) is 0 Å². The molecule has 3 heterocycles. The highest BCUT2D eigenvalue weighted by Gasteiger charge is 2.37. The second kappa shape index (κ2) is 16.5. The van der Waals surface area contributed by atoms with Crippen LogP contribution in [0.15, 0.2) is 224 Å². The zero-order valence-electron chi connectivity index (χ0n) is 38.5. The Morgan fingerprint density at radius 1 is 0.314 bits per heavy atom. The molecule has 0 aliphatic heterocycles. The van der Waals surface area contributed by atoms with Crippen LogP contribution in [0.3, 0.4) is 0 Å². The fourth-order valence-electron chi connectivity index (χ4n) is 10.4. The summed E-state index contributed by atoms with van der Waals surface area (Å²) in [7, 11) is 0. The van der Waals surface area contributed by atoms with E-state index in [1.807, 2.05) is 78.9 Å². The van der Waals surface area contributed by atoms with E-state index in [-0.39, 0.29) is 5.41 Å². The normalized spacial score (nSPS) is 12.5. The number of fused-ring (bicyclic) bond motifs is 6. The maximum absolute atomic E-state index is 5.42. The van der Waals surface area contributed by atoms with Gasteiger partial charge in [-0.25, -0.2) is 29.9 Å². The molecule has 0 bridgehead atoms. The first-order valence-corrected chi connectivity index (χ1v) is 23.6. The van der Waals surface area contributed by atoms with E-state index in [1.54, 1.807) is 0 Å². The Bertz CT molecular complexity index is 3900. The summed E-state index contributed by atoms with van der Waals surface area (Å²) in [6.45, 7) is 4.60. The van der Waals surface area contributed by atoms with Gasteiger partial charge in [-0.2, -0.15) is 0 Å². The van der Waals surface area contributed by atoms with Crippen molar-refractivity contribution in [1.29, 1.82) is 0 Å². The van der Waals surface area contributed by atoms with Gasteiger partial charge in [0.15, 0.2) is 34.9 Å². The number of hydrogen-bond donors (Lipinski definition) is 0. The molecule has 1 aliphatic carbocycles. The summed E-state index contributed by atoms with van der Waals surface area (Å²) in [5.74, 6) is 3.41. The van der Waals surface area contributed by atoms with Gasteiger partial charge in [-0.05, 0) is 52.1 Å². The standard InChI is InChI=1S/C63H43N7/c1-63(2)52-34-17-15-30-49(52)55-50(33-20-35-53(55)63)61-66-59(42-25-11-5-12-26-42)65-60(69-61)43-37-38-45(47-31-19-32-48-46-29-16-18-36-54(46)70(56(47)48)44-27-13-6-14-28-44)51(39-43)62-67-57(40-21-7-3-8-22-40)64-58(68-62)41-23-9-4-10-24-41/h3-39H,1-2H3. The van der Waals surface area contributed by atoms with Gasteiger partial charge in [0.25, 0.3) is 0 Å². The molecule has 0 atom stereocenters. The minimum absolute atomic E-state index is 0.193. The lowest BCUT2D eigenvalue weighted by Crippen LogP contribution is -2.14. The Morgan fingerprint density at radius 3 is 1.41 bits per heavy atom. The van der Waals surface area contributed by atoms with Crippen LogP contribution in [0.2, 0.25) is 0 Å². The molecule has 0 radical (unpaired) electrons. The first-order valence-electron chi connectivity index (χ1n) is 23.6. The molecular weight excluding hydrogens is 855 g/mol. The van der Waals surface area contributed by atoms with Gasteiger partial charge in [-0.1, -0.05) is 214 Å². The number of aromatic nitrogens is 7. The average Bonchev–Trinajstić information content (AvgIpc) is 3.90. The highest BCUT2D eigenvalue weighted by atomic mass is 15.0. The van der Waals surface area contributed by atoms with Crippen LogP contribution >= 0.6 is 0 Å². The fourth-order valence-corrected chi connectivity index (χ4v) is 10.4. The molecule has 330 valence electrons. The Morgan fingerprint density at radius 2 is 0.771 bits per heavy atom. The van der Waals surface area contributed by atoms with Crippen LogP contribution in [-0.4, -0.2) is 34.5 Å². The lowest BCUT2D eigenvalue weighted by atomic mass is 9.82. The maximum atomic E-state index is 5.42. The summed E-state index contributed by atoms with van der Waals surface area (Å²) in [6, 6.07) is 77.9. The topological polar surface area (TPSA) is 82.3 Å². The Labute approximate surface area is 405 Å². The summed E-state index contributed by atoms with van der Waals surface area (Å²) < 4.78 is 2.37. The molecule has 7 nitrogen and oxygen atoms in total. The molecule has 0 saturated heterocycles. The fraction of sp³-hybridized carbons (Fsp3) is 0.0476. The van der Waals surface area contributed by atoms with Crippen molar-refractivity contribution in [2.45, 2.75) is 19.3 Å². The van der Waals surface area contributed by atoms with Crippen LogP contribution in [0.5, 0.6) is 0 Å². The third-order valence-electron chi connectivity index (χ3n) is 13.7. The zero-order valence-corrected chi connectivity index (χ0v) is 38.5. The quantitative estimate of drug-likeness (QED) is 0.151. The van der Waals surface area contributed by atoms with Gasteiger partial charge in [-0.15, -0.1) is 0 Å². The second-order valence-electron chi connectivity index (χ2n) is 18.3. The van der Waals surface area contributed by atoms with Gasteiger partial charge in [0.2, 0.25) is 0 Å². The van der Waals surface area contributed by atoms with E-state index >= 15 is 0 Å². The van der Waals surface area contributed by atoms with E-state index in [9.17, 15) is 0 Å². The summed E-state index contributed by atoms with van der Waals surface area (Å²) in [6.07, 6.45) is 0. The SMILES string of the molecule is CC1(C)c2ccccc2-c2c(-c3nc(-c4ccccc4)nc(-c4ccc(-c5cccc6c7ccccc7n(-c7ccccc7)c56)c(-c5nc(-c6ccccc6)nc(-c6ccccc6)n5)c4)n3)cccc21. The number of para-hydroxylation sites is 3. The molecule has 0 amide bonds. The predicted octanol–water partition coefficient (Wildman–Crippen LogP) is 15.1. The molecule has 7 heteroatoms. The first kappa shape index (κ1) is 41.0. The van der Waals surface area contributed by atoms with E-state index in [0.717, 1.165) is 72.2 Å². The summed E-state index contributed by atoms with van der Waals surface area (Å²) in [5, 5.41) is 2.32. The number of benzene rings is 9. The van der Waals surface area contributed by atoms with Crippen LogP contribution in [0, 0.1) is 0 Å². The predicted molar refractivity (Wildman–Crippen MR) is 283 cm³/mol. The van der Waals surface area contributed by atoms with Crippen molar-refractivity contribution in [2.24, 2.45) is 0 Å². The van der Waals surface area contributed by atoms with E-state index < -0.39 is 0 Å². The van der Waals surface area contributed by atoms with Crippen LogP contribution in [0.25, 0.3) is 118 Å². The summed E-state index contributed by atoms with van der Waals surface area (Å²) >= 11 is 0. The minimum atomic E-state index is -0.193. The van der Waals surface area contributed by atoms with E-state index in [1.165, 1.54) is 22.1 Å². The van der Waals surface area contributed by atoms with Crippen molar-refractivity contribution in [2.75, 3.05) is 0 Å². The van der Waals surface area contributed by atoms with E-state index in [0.29, 0.717) is 34.9 Å². The summed E-state index contributed by atoms with van der Waals surface area (Å²) in [4.78, 5) is 31.8. The smallest absolute Gasteiger partial charge is 0.164 e. The molecule has 0 saturated carbocycles. The Balaban J connectivity index is 1.10. The molecule has 13 rings (SSSR count). The molecule has 0 fully saturated rings. The van der Waals surface area contributed by atoms with Crippen molar-refractivity contribution < 1.29 is 0 Å². The molecule has 12 aromatic rings. The molecule has 0 spiro atoms. The largest absolute Gasteiger partial charge is 0.309 e. The Hall–Kier alpha value is -9.20. The Kier molecular flexibility index (Phi) is 9.69. The first-order chi connectivity index (χ1) is 34.5. The highest BCUT2D eigenvalue weighted by molar-refractivity contribution is 6.14. The van der Waals surface area contributed by atoms with Gasteiger partial charge < -0.3 is 4.57 Å². The van der Waals surface area contributed by atoms with Gasteiger partial charge in [0, 0.05) is 60.8 Å². The third kappa shape index (κ3) is 6.81. The third-order valence-corrected chi connectivity index (χ3v) is 13.7. The van der Waals surface area contributed by atoms with Crippen molar-refractivity contribution in [3.8, 4) is 96.3 Å². The monoisotopic (exact) mass is 897 g/mol. The number of nitrogens with zero attached hydrogens (tertiary/aromatic N) is 7. The number of rotatable bonds is 8. The highest BCUT2D eigenvalue weighted by Crippen LogP contribution is 2.52. The van der Waals surface area contributed by atoms with Crippen molar-refractivity contribution in [1.82, 2.24) is 34.5 Å². The molecule has 0 unspecified atom stereocenters. The lowest BCUT2D eigenvalue weighted by molar-refractivity contribution is 0.660. The van der Waals surface area contributed by atoms with Gasteiger partial charge >= 0.3 is 0 Å². The van der Waals surface area contributed by atoms with Crippen molar-refractivity contribution in [3.63, 3.8) is 0 Å². The van der Waals surface area contributed by atoms with E-state index in [4.69, 9.17) is 29.9 Å². The zero-order chi connectivity index (χ0) is 46.8. The molecule has 3 aromatic heterocycles. The molecular formula is C63H43N7. The van der Waals surface area contributed by atoms with Crippen LogP contribution in [-0.2, 0) is 5.41 Å². The molecule has 0 N–H and O–H groups in total. The van der Waals surface area contributed by atoms with E-state index in [2.05, 4.69) is 164 Å². The number of hydrogen-bond acceptors (Lipinski definition) is 6.